The highest BCUT2D eigenvalue weighted by atomic mass is 16.1. The SMILES string of the molecule is CCC(C(=O)NCc1c(C)nn(Cc2ccccc2)c1C)c1ccccc1. The van der Waals surface area contributed by atoms with Gasteiger partial charge in [-0.1, -0.05) is 67.6 Å². The van der Waals surface area contributed by atoms with E-state index in [4.69, 9.17) is 0 Å². The maximum atomic E-state index is 12.7. The van der Waals surface area contributed by atoms with Crippen LogP contribution in [0.3, 0.4) is 0 Å². The van der Waals surface area contributed by atoms with Crippen LogP contribution in [0.2, 0.25) is 0 Å². The molecular weight excluding hydrogens is 334 g/mol. The van der Waals surface area contributed by atoms with Gasteiger partial charge < -0.3 is 5.32 Å². The van der Waals surface area contributed by atoms with Crippen molar-refractivity contribution in [2.75, 3.05) is 0 Å². The van der Waals surface area contributed by atoms with Crippen molar-refractivity contribution in [3.63, 3.8) is 0 Å². The molecule has 1 aromatic heterocycles. The number of aryl methyl sites for hydroxylation is 1. The van der Waals surface area contributed by atoms with E-state index in [1.54, 1.807) is 0 Å². The van der Waals surface area contributed by atoms with Crippen molar-refractivity contribution in [3.8, 4) is 0 Å². The Balaban J connectivity index is 1.70. The first kappa shape index (κ1) is 18.9. The molecular formula is C23H27N3O. The number of carbonyl (C=O) groups excluding carboxylic acids is 1. The molecule has 0 fully saturated rings. The van der Waals surface area contributed by atoms with Gasteiger partial charge in [0.05, 0.1) is 18.2 Å². The van der Waals surface area contributed by atoms with Crippen LogP contribution in [0.25, 0.3) is 0 Å². The molecule has 0 aliphatic rings. The van der Waals surface area contributed by atoms with Gasteiger partial charge in [-0.25, -0.2) is 0 Å². The van der Waals surface area contributed by atoms with E-state index in [1.165, 1.54) is 5.56 Å². The number of hydrogen-bond donors (Lipinski definition) is 1. The molecule has 3 aromatic rings. The quantitative estimate of drug-likeness (QED) is 0.680. The minimum atomic E-state index is -0.119. The van der Waals surface area contributed by atoms with Crippen molar-refractivity contribution in [1.29, 1.82) is 0 Å². The van der Waals surface area contributed by atoms with E-state index in [0.29, 0.717) is 6.54 Å². The van der Waals surface area contributed by atoms with Gasteiger partial charge in [-0.05, 0) is 31.4 Å². The van der Waals surface area contributed by atoms with Crippen LogP contribution < -0.4 is 5.32 Å². The highest BCUT2D eigenvalue weighted by molar-refractivity contribution is 5.83. The fourth-order valence-corrected chi connectivity index (χ4v) is 3.46. The van der Waals surface area contributed by atoms with Gasteiger partial charge in [-0.2, -0.15) is 5.10 Å². The van der Waals surface area contributed by atoms with Gasteiger partial charge in [-0.3, -0.25) is 9.48 Å². The number of nitrogens with one attached hydrogen (secondary N) is 1. The van der Waals surface area contributed by atoms with Crippen LogP contribution in [-0.2, 0) is 17.9 Å². The Labute approximate surface area is 161 Å². The highest BCUT2D eigenvalue weighted by Gasteiger charge is 2.19. The number of nitrogens with zero attached hydrogens (tertiary/aromatic N) is 2. The van der Waals surface area contributed by atoms with E-state index in [0.717, 1.165) is 35.5 Å². The van der Waals surface area contributed by atoms with Gasteiger partial charge in [0, 0.05) is 17.8 Å². The molecule has 1 atom stereocenters. The monoisotopic (exact) mass is 361 g/mol. The number of hydrogen-bond acceptors (Lipinski definition) is 2. The van der Waals surface area contributed by atoms with Crippen molar-refractivity contribution < 1.29 is 4.79 Å². The van der Waals surface area contributed by atoms with E-state index in [2.05, 4.69) is 29.5 Å². The molecule has 3 rings (SSSR count). The van der Waals surface area contributed by atoms with Crippen molar-refractivity contribution >= 4 is 5.91 Å². The summed E-state index contributed by atoms with van der Waals surface area (Å²) in [7, 11) is 0. The fourth-order valence-electron chi connectivity index (χ4n) is 3.46. The average Bonchev–Trinajstić information content (AvgIpc) is 2.95. The van der Waals surface area contributed by atoms with Crippen LogP contribution in [0, 0.1) is 13.8 Å². The lowest BCUT2D eigenvalue weighted by Gasteiger charge is -2.15. The molecule has 2 aromatic carbocycles. The summed E-state index contributed by atoms with van der Waals surface area (Å²) in [5.74, 6) is -0.0514. The summed E-state index contributed by atoms with van der Waals surface area (Å²) in [6.45, 7) is 7.37. The third kappa shape index (κ3) is 4.45. The molecule has 0 saturated carbocycles. The molecule has 1 heterocycles. The topological polar surface area (TPSA) is 46.9 Å². The third-order valence-corrected chi connectivity index (χ3v) is 5.07. The van der Waals surface area contributed by atoms with Crippen LogP contribution in [0.4, 0.5) is 0 Å². The average molecular weight is 361 g/mol. The summed E-state index contributed by atoms with van der Waals surface area (Å²) in [5.41, 5.74) is 5.45. The molecule has 0 radical (unpaired) electrons. The molecule has 0 bridgehead atoms. The molecule has 0 saturated heterocycles. The second-order valence-corrected chi connectivity index (χ2v) is 6.88. The fraction of sp³-hybridized carbons (Fsp3) is 0.304. The number of rotatable bonds is 7. The summed E-state index contributed by atoms with van der Waals surface area (Å²) < 4.78 is 2.01. The van der Waals surface area contributed by atoms with Gasteiger partial charge in [0.2, 0.25) is 5.91 Å². The molecule has 140 valence electrons. The lowest BCUT2D eigenvalue weighted by atomic mass is 9.95. The molecule has 0 aliphatic heterocycles. The maximum Gasteiger partial charge on any atom is 0.227 e. The summed E-state index contributed by atoms with van der Waals surface area (Å²) in [6.07, 6.45) is 0.779. The number of carbonyl (C=O) groups is 1. The normalized spacial score (nSPS) is 12.0. The summed E-state index contributed by atoms with van der Waals surface area (Å²) >= 11 is 0. The van der Waals surface area contributed by atoms with Crippen molar-refractivity contribution in [2.24, 2.45) is 0 Å². The maximum absolute atomic E-state index is 12.7. The summed E-state index contributed by atoms with van der Waals surface area (Å²) in [6, 6.07) is 20.3. The highest BCUT2D eigenvalue weighted by Crippen LogP contribution is 2.20. The first-order chi connectivity index (χ1) is 13.1. The Kier molecular flexibility index (Phi) is 6.07. The second kappa shape index (κ2) is 8.67. The van der Waals surface area contributed by atoms with Crippen LogP contribution >= 0.6 is 0 Å². The molecule has 0 aliphatic carbocycles. The Morgan fingerprint density at radius 3 is 2.30 bits per heavy atom. The van der Waals surface area contributed by atoms with Crippen LogP contribution in [0.15, 0.2) is 60.7 Å². The van der Waals surface area contributed by atoms with Crippen LogP contribution in [0.1, 0.15) is 47.3 Å². The number of aromatic nitrogens is 2. The van der Waals surface area contributed by atoms with Gasteiger partial charge in [-0.15, -0.1) is 0 Å². The Bertz CT molecular complexity index is 885. The van der Waals surface area contributed by atoms with E-state index in [9.17, 15) is 4.79 Å². The Morgan fingerprint density at radius 2 is 1.67 bits per heavy atom. The largest absolute Gasteiger partial charge is 0.351 e. The molecule has 4 heteroatoms. The molecule has 1 unspecified atom stereocenters. The van der Waals surface area contributed by atoms with E-state index in [-0.39, 0.29) is 11.8 Å². The summed E-state index contributed by atoms with van der Waals surface area (Å²) in [4.78, 5) is 12.7. The van der Waals surface area contributed by atoms with Crippen molar-refractivity contribution in [2.45, 2.75) is 46.2 Å². The van der Waals surface area contributed by atoms with Crippen LogP contribution in [0.5, 0.6) is 0 Å². The molecule has 1 N–H and O–H groups in total. The van der Waals surface area contributed by atoms with Gasteiger partial charge in [0.15, 0.2) is 0 Å². The van der Waals surface area contributed by atoms with Crippen molar-refractivity contribution in [3.05, 3.63) is 88.7 Å². The first-order valence-electron chi connectivity index (χ1n) is 9.49. The smallest absolute Gasteiger partial charge is 0.227 e. The minimum Gasteiger partial charge on any atom is -0.351 e. The van der Waals surface area contributed by atoms with Gasteiger partial charge in [0.25, 0.3) is 0 Å². The zero-order chi connectivity index (χ0) is 19.2. The van der Waals surface area contributed by atoms with Gasteiger partial charge in [0.1, 0.15) is 0 Å². The third-order valence-electron chi connectivity index (χ3n) is 5.07. The zero-order valence-electron chi connectivity index (χ0n) is 16.3. The Hall–Kier alpha value is -2.88. The Morgan fingerprint density at radius 1 is 1.04 bits per heavy atom. The lowest BCUT2D eigenvalue weighted by molar-refractivity contribution is -0.122. The molecule has 27 heavy (non-hydrogen) atoms. The number of benzene rings is 2. The van der Waals surface area contributed by atoms with Crippen molar-refractivity contribution in [1.82, 2.24) is 15.1 Å². The van der Waals surface area contributed by atoms with Gasteiger partial charge >= 0.3 is 0 Å². The predicted octanol–water partition coefficient (Wildman–Crippen LogP) is 4.36. The standard InChI is InChI=1S/C23H27N3O/c1-4-21(20-13-9-6-10-14-20)23(27)24-15-22-17(2)25-26(18(22)3)16-19-11-7-5-8-12-19/h5-14,21H,4,15-16H2,1-3H3,(H,24,27). The first-order valence-corrected chi connectivity index (χ1v) is 9.49. The summed E-state index contributed by atoms with van der Waals surface area (Å²) in [5, 5.41) is 7.79. The van der Waals surface area contributed by atoms with Crippen LogP contribution in [-0.4, -0.2) is 15.7 Å². The molecule has 4 nitrogen and oxygen atoms in total. The minimum absolute atomic E-state index is 0.0679. The van der Waals surface area contributed by atoms with E-state index in [1.807, 2.05) is 67.1 Å². The lowest BCUT2D eigenvalue weighted by Crippen LogP contribution is -2.29. The van der Waals surface area contributed by atoms with E-state index >= 15 is 0 Å². The number of amides is 1. The van der Waals surface area contributed by atoms with E-state index < -0.39 is 0 Å². The predicted molar refractivity (Wildman–Crippen MR) is 109 cm³/mol. The molecule has 0 spiro atoms. The molecule has 1 amide bonds. The zero-order valence-corrected chi connectivity index (χ0v) is 16.3. The second-order valence-electron chi connectivity index (χ2n) is 6.88.